The predicted molar refractivity (Wildman–Crippen MR) is 140 cm³/mol. The lowest BCUT2D eigenvalue weighted by Crippen LogP contribution is -2.46. The minimum absolute atomic E-state index is 0.316. The molecule has 1 aromatic rings. The fraction of sp³-hybridized carbons (Fsp3) is 0.538. The number of carbonyl (C=O) groups excluding carboxylic acids is 2. The van der Waals surface area contributed by atoms with E-state index in [1.807, 2.05) is 19.0 Å². The summed E-state index contributed by atoms with van der Waals surface area (Å²) in [6.45, 7) is 3.93. The molecule has 0 spiro atoms. The highest BCUT2D eigenvalue weighted by Crippen LogP contribution is 2.23. The van der Waals surface area contributed by atoms with Gasteiger partial charge in [-0.1, -0.05) is 30.8 Å². The molecule has 188 valence electrons. The molecule has 9 nitrogen and oxygen atoms in total. The summed E-state index contributed by atoms with van der Waals surface area (Å²) in [5, 5.41) is 9.41. The van der Waals surface area contributed by atoms with E-state index >= 15 is 0 Å². The van der Waals surface area contributed by atoms with E-state index in [2.05, 4.69) is 50.6 Å². The molecule has 1 aliphatic carbocycles. The van der Waals surface area contributed by atoms with Crippen LogP contribution in [0.2, 0.25) is 0 Å². The highest BCUT2D eigenvalue weighted by Gasteiger charge is 2.23. The predicted octanol–water partition coefficient (Wildman–Crippen LogP) is 1.70. The van der Waals surface area contributed by atoms with Gasteiger partial charge in [0.1, 0.15) is 5.82 Å². The summed E-state index contributed by atoms with van der Waals surface area (Å²) in [7, 11) is 5.33. The molecule has 1 fully saturated rings. The van der Waals surface area contributed by atoms with Crippen molar-refractivity contribution in [2.24, 2.45) is 0 Å². The van der Waals surface area contributed by atoms with Gasteiger partial charge in [-0.05, 0) is 39.8 Å². The molecular formula is C26H37N7O2. The van der Waals surface area contributed by atoms with Crippen molar-refractivity contribution < 1.29 is 9.59 Å². The number of unbranched alkanes of at least 4 members (excludes halogenated alkanes) is 1. The fourth-order valence-electron chi connectivity index (χ4n) is 2.95. The van der Waals surface area contributed by atoms with Crippen LogP contribution >= 0.6 is 0 Å². The van der Waals surface area contributed by atoms with Gasteiger partial charge in [0.2, 0.25) is 11.9 Å². The summed E-state index contributed by atoms with van der Waals surface area (Å²) in [5.41, 5.74) is 0.749. The fourth-order valence-corrected chi connectivity index (χ4v) is 2.95. The van der Waals surface area contributed by atoms with Crippen molar-refractivity contribution in [2.45, 2.75) is 51.1 Å². The van der Waals surface area contributed by atoms with Crippen LogP contribution in [-0.2, 0) is 9.59 Å². The first-order chi connectivity index (χ1) is 16.8. The number of likely N-dealkylation sites (N-methyl/N-ethyl adjacent to an activating group) is 2. The van der Waals surface area contributed by atoms with Crippen LogP contribution in [0.5, 0.6) is 0 Å². The van der Waals surface area contributed by atoms with E-state index in [0.717, 1.165) is 37.2 Å². The Morgan fingerprint density at radius 1 is 1.29 bits per heavy atom. The number of amides is 2. The lowest BCUT2D eigenvalue weighted by Gasteiger charge is -2.22. The summed E-state index contributed by atoms with van der Waals surface area (Å²) in [6, 6.07) is -0.489. The molecule has 9 heteroatoms. The first-order valence-electron chi connectivity index (χ1n) is 12.0. The van der Waals surface area contributed by atoms with Crippen LogP contribution in [0.25, 0.3) is 0 Å². The van der Waals surface area contributed by atoms with Crippen molar-refractivity contribution in [3.05, 3.63) is 23.9 Å². The number of nitrogens with zero attached hydrogens (tertiary/aromatic N) is 4. The molecule has 2 rings (SSSR count). The Kier molecular flexibility index (Phi) is 11.6. The normalized spacial score (nSPS) is 13.5. The Hall–Kier alpha value is -3.56. The average molecular weight is 480 g/mol. The number of terminal acetylenes is 1. The minimum Gasteiger partial charge on any atom is -0.369 e. The Balaban J connectivity index is 1.82. The maximum Gasteiger partial charge on any atom is 0.255 e. The SMILES string of the molecule is C#C[C@@H](C(=O)NCCCC#Cc1cnc(NC2CC2)nc1NCCC)N(C)C(=O)/C=C/CN(C)C. The van der Waals surface area contributed by atoms with E-state index in [1.54, 1.807) is 12.3 Å². The molecule has 0 aromatic carbocycles. The summed E-state index contributed by atoms with van der Waals surface area (Å²) in [5.74, 6) is 9.30. The summed E-state index contributed by atoms with van der Waals surface area (Å²) in [4.78, 5) is 36.8. The molecule has 2 amide bonds. The largest absolute Gasteiger partial charge is 0.369 e. The Bertz CT molecular complexity index is 984. The molecule has 0 saturated heterocycles. The second-order valence-corrected chi connectivity index (χ2v) is 8.68. The lowest BCUT2D eigenvalue weighted by molar-refractivity contribution is -0.133. The Morgan fingerprint density at radius 3 is 2.71 bits per heavy atom. The molecular weight excluding hydrogens is 442 g/mol. The van der Waals surface area contributed by atoms with Crippen molar-refractivity contribution in [1.82, 2.24) is 25.1 Å². The number of hydrogen-bond acceptors (Lipinski definition) is 7. The quantitative estimate of drug-likeness (QED) is 0.225. The van der Waals surface area contributed by atoms with Crippen LogP contribution in [0.4, 0.5) is 11.8 Å². The Morgan fingerprint density at radius 2 is 2.06 bits per heavy atom. The van der Waals surface area contributed by atoms with Gasteiger partial charge >= 0.3 is 0 Å². The number of carbonyl (C=O) groups is 2. The highest BCUT2D eigenvalue weighted by molar-refractivity contribution is 5.94. The number of nitrogens with one attached hydrogen (secondary N) is 3. The van der Waals surface area contributed by atoms with E-state index in [-0.39, 0.29) is 11.8 Å². The maximum absolute atomic E-state index is 12.5. The molecule has 1 heterocycles. The third kappa shape index (κ3) is 10.1. The molecule has 0 bridgehead atoms. The van der Waals surface area contributed by atoms with E-state index in [9.17, 15) is 9.59 Å². The number of hydrogen-bond donors (Lipinski definition) is 3. The van der Waals surface area contributed by atoms with Gasteiger partial charge in [-0.15, -0.1) is 6.42 Å². The van der Waals surface area contributed by atoms with Gasteiger partial charge in [0.05, 0.1) is 11.8 Å². The zero-order valence-electron chi connectivity index (χ0n) is 21.2. The summed E-state index contributed by atoms with van der Waals surface area (Å²) in [6.07, 6.45) is 14.9. The van der Waals surface area contributed by atoms with Gasteiger partial charge in [-0.3, -0.25) is 9.59 Å². The lowest BCUT2D eigenvalue weighted by atomic mass is 10.2. The molecule has 0 radical (unpaired) electrons. The summed E-state index contributed by atoms with van der Waals surface area (Å²) >= 11 is 0. The van der Waals surface area contributed by atoms with Gasteiger partial charge in [0, 0.05) is 45.2 Å². The monoisotopic (exact) mass is 479 g/mol. The molecule has 0 aliphatic heterocycles. The van der Waals surface area contributed by atoms with Crippen molar-refractivity contribution in [3.8, 4) is 24.2 Å². The number of rotatable bonds is 13. The van der Waals surface area contributed by atoms with Crippen molar-refractivity contribution in [1.29, 1.82) is 0 Å². The zero-order valence-corrected chi connectivity index (χ0v) is 21.2. The van der Waals surface area contributed by atoms with E-state index in [1.165, 1.54) is 18.0 Å². The average Bonchev–Trinajstić information content (AvgIpc) is 3.64. The molecule has 0 unspecified atom stereocenters. The van der Waals surface area contributed by atoms with Gasteiger partial charge in [-0.2, -0.15) is 4.98 Å². The van der Waals surface area contributed by atoms with Gasteiger partial charge in [0.25, 0.3) is 5.91 Å². The van der Waals surface area contributed by atoms with E-state index < -0.39 is 6.04 Å². The van der Waals surface area contributed by atoms with Gasteiger partial charge in [-0.25, -0.2) is 4.98 Å². The zero-order chi connectivity index (χ0) is 25.6. The van der Waals surface area contributed by atoms with E-state index in [0.29, 0.717) is 37.9 Å². The molecule has 1 aliphatic rings. The minimum atomic E-state index is -0.968. The smallest absolute Gasteiger partial charge is 0.255 e. The highest BCUT2D eigenvalue weighted by atomic mass is 16.2. The molecule has 3 N–H and O–H groups in total. The van der Waals surface area contributed by atoms with Crippen molar-refractivity contribution in [3.63, 3.8) is 0 Å². The van der Waals surface area contributed by atoms with Crippen LogP contribution in [0, 0.1) is 24.2 Å². The van der Waals surface area contributed by atoms with Crippen LogP contribution in [0.15, 0.2) is 18.3 Å². The second-order valence-electron chi connectivity index (χ2n) is 8.68. The number of anilines is 2. The molecule has 35 heavy (non-hydrogen) atoms. The first-order valence-corrected chi connectivity index (χ1v) is 12.0. The van der Waals surface area contributed by atoms with Crippen molar-refractivity contribution in [2.75, 3.05) is 51.4 Å². The van der Waals surface area contributed by atoms with Crippen LogP contribution < -0.4 is 16.0 Å². The topological polar surface area (TPSA) is 102 Å². The van der Waals surface area contributed by atoms with E-state index in [4.69, 9.17) is 6.42 Å². The van der Waals surface area contributed by atoms with Crippen molar-refractivity contribution >= 4 is 23.6 Å². The third-order valence-electron chi connectivity index (χ3n) is 5.11. The number of aromatic nitrogens is 2. The van der Waals surface area contributed by atoms with Crippen LogP contribution in [0.1, 0.15) is 44.6 Å². The van der Waals surface area contributed by atoms with Gasteiger partial charge in [0.15, 0.2) is 6.04 Å². The second kappa shape index (κ2) is 14.6. The first kappa shape index (κ1) is 27.7. The third-order valence-corrected chi connectivity index (χ3v) is 5.11. The van der Waals surface area contributed by atoms with Crippen LogP contribution in [-0.4, -0.2) is 84.4 Å². The standard InChI is InChI=1S/C26H37N7O2/c1-6-16-27-24-20(19-29-26(31-24)30-21-14-15-21)12-9-8-10-17-28-25(35)22(7-2)33(5)23(34)13-11-18-32(3)4/h2,11,13,19,21-22H,6,8,10,14-18H2,1,3-5H3,(H,28,35)(H2,27,29,30,31)/b13-11+/t22-/m0/s1. The molecule has 1 atom stereocenters. The summed E-state index contributed by atoms with van der Waals surface area (Å²) < 4.78 is 0. The van der Waals surface area contributed by atoms with Gasteiger partial charge < -0.3 is 25.8 Å². The maximum atomic E-state index is 12.5. The van der Waals surface area contributed by atoms with Crippen LogP contribution in [0.3, 0.4) is 0 Å². The Labute approximate surface area is 209 Å². The molecule has 1 aromatic heterocycles. The molecule has 1 saturated carbocycles.